The molecule has 0 amide bonds. The van der Waals surface area contributed by atoms with Crippen LogP contribution in [-0.2, 0) is 0 Å². The number of benzene rings is 2. The molecule has 1 aliphatic rings. The fraction of sp³-hybridized carbons (Fsp3) is 0.483. The van der Waals surface area contributed by atoms with Gasteiger partial charge >= 0.3 is 0 Å². The van der Waals surface area contributed by atoms with E-state index >= 15 is 0 Å². The first-order valence-corrected chi connectivity index (χ1v) is 11.8. The molecular weight excluding hydrogens is 362 g/mol. The predicted molar refractivity (Wildman–Crippen MR) is 130 cm³/mol. The van der Waals surface area contributed by atoms with Crippen molar-refractivity contribution in [2.75, 3.05) is 0 Å². The molecule has 0 N–H and O–H groups in total. The van der Waals surface area contributed by atoms with Gasteiger partial charge in [-0.2, -0.15) is 0 Å². The summed E-state index contributed by atoms with van der Waals surface area (Å²) in [5, 5.41) is 2.59. The highest BCUT2D eigenvalue weighted by molar-refractivity contribution is 5.95. The summed E-state index contributed by atoms with van der Waals surface area (Å²) in [5.74, 6) is 1.73. The van der Waals surface area contributed by atoms with Crippen molar-refractivity contribution in [3.05, 3.63) is 65.4 Å². The highest BCUT2D eigenvalue weighted by atomic mass is 14.7. The maximum Gasteiger partial charge on any atom is 0.0780 e. The van der Waals surface area contributed by atoms with Gasteiger partial charge in [0.25, 0.3) is 0 Å². The van der Waals surface area contributed by atoms with Gasteiger partial charge in [-0.15, -0.1) is 0 Å². The summed E-state index contributed by atoms with van der Waals surface area (Å²) in [6.45, 7) is 13.9. The lowest BCUT2D eigenvalue weighted by Crippen LogP contribution is -2.20. The van der Waals surface area contributed by atoms with E-state index in [0.29, 0.717) is 23.2 Å². The molecule has 1 aliphatic carbocycles. The lowest BCUT2D eigenvalue weighted by molar-refractivity contribution is 0.224. The SMILES string of the molecule is CC(C)c1cc(-c2nccc3cc(C4CCC(C)(C)CC4)ccc23)cc(C(C)C)c1. The van der Waals surface area contributed by atoms with Crippen molar-refractivity contribution in [1.29, 1.82) is 0 Å². The summed E-state index contributed by atoms with van der Waals surface area (Å²) in [6, 6.07) is 16.4. The molecule has 0 unspecified atom stereocenters. The monoisotopic (exact) mass is 399 g/mol. The Bertz CT molecular complexity index is 1010. The van der Waals surface area contributed by atoms with E-state index in [1.165, 1.54) is 58.7 Å². The van der Waals surface area contributed by atoms with Gasteiger partial charge in [0.15, 0.2) is 0 Å². The Morgan fingerprint density at radius 2 is 1.47 bits per heavy atom. The summed E-state index contributed by atoms with van der Waals surface area (Å²) in [6.07, 6.45) is 7.27. The molecule has 1 saturated carbocycles. The zero-order valence-electron chi connectivity index (χ0n) is 19.6. The van der Waals surface area contributed by atoms with Crippen molar-refractivity contribution in [3.63, 3.8) is 0 Å². The second-order valence-electron chi connectivity index (χ2n) is 10.8. The van der Waals surface area contributed by atoms with Crippen LogP contribution >= 0.6 is 0 Å². The number of pyridine rings is 1. The molecule has 1 heteroatoms. The van der Waals surface area contributed by atoms with E-state index in [1.54, 1.807) is 0 Å². The smallest absolute Gasteiger partial charge is 0.0780 e. The van der Waals surface area contributed by atoms with E-state index in [4.69, 9.17) is 4.98 Å². The van der Waals surface area contributed by atoms with Gasteiger partial charge in [-0.1, -0.05) is 65.8 Å². The van der Waals surface area contributed by atoms with Crippen LogP contribution in [0.3, 0.4) is 0 Å². The summed E-state index contributed by atoms with van der Waals surface area (Å²) >= 11 is 0. The average Bonchev–Trinajstić information content (AvgIpc) is 2.72. The Morgan fingerprint density at radius 1 is 0.833 bits per heavy atom. The number of aromatic nitrogens is 1. The Morgan fingerprint density at radius 3 is 2.07 bits per heavy atom. The van der Waals surface area contributed by atoms with Crippen LogP contribution < -0.4 is 0 Å². The molecule has 158 valence electrons. The zero-order valence-corrected chi connectivity index (χ0v) is 19.6. The fourth-order valence-corrected chi connectivity index (χ4v) is 4.89. The third-order valence-corrected chi connectivity index (χ3v) is 7.18. The fourth-order valence-electron chi connectivity index (χ4n) is 4.89. The number of rotatable bonds is 4. The number of fused-ring (bicyclic) bond motifs is 1. The molecule has 3 aromatic rings. The van der Waals surface area contributed by atoms with Crippen LogP contribution in [0.4, 0.5) is 0 Å². The first kappa shape index (κ1) is 21.1. The van der Waals surface area contributed by atoms with Gasteiger partial charge in [0.05, 0.1) is 5.69 Å². The molecule has 1 nitrogen and oxygen atoms in total. The van der Waals surface area contributed by atoms with E-state index < -0.39 is 0 Å². The normalized spacial score (nSPS) is 17.2. The lowest BCUT2D eigenvalue weighted by Gasteiger charge is -2.34. The molecule has 0 radical (unpaired) electrons. The predicted octanol–water partition coefficient (Wildman–Crippen LogP) is 8.83. The second-order valence-corrected chi connectivity index (χ2v) is 10.8. The number of nitrogens with zero attached hydrogens (tertiary/aromatic N) is 1. The van der Waals surface area contributed by atoms with Gasteiger partial charge in [0.1, 0.15) is 0 Å². The van der Waals surface area contributed by atoms with Gasteiger partial charge in [0.2, 0.25) is 0 Å². The van der Waals surface area contributed by atoms with Crippen LogP contribution in [-0.4, -0.2) is 4.98 Å². The van der Waals surface area contributed by atoms with E-state index in [1.807, 2.05) is 6.20 Å². The number of hydrogen-bond donors (Lipinski definition) is 0. The van der Waals surface area contributed by atoms with Crippen LogP contribution in [0.25, 0.3) is 22.0 Å². The van der Waals surface area contributed by atoms with Crippen LogP contribution in [0, 0.1) is 5.41 Å². The first-order valence-electron chi connectivity index (χ1n) is 11.8. The van der Waals surface area contributed by atoms with Crippen molar-refractivity contribution in [2.45, 2.75) is 85.0 Å². The van der Waals surface area contributed by atoms with Gasteiger partial charge in [-0.3, -0.25) is 4.98 Å². The summed E-state index contributed by atoms with van der Waals surface area (Å²) in [4.78, 5) is 4.84. The molecule has 2 aromatic carbocycles. The van der Waals surface area contributed by atoms with Crippen LogP contribution in [0.1, 0.15) is 102 Å². The minimum atomic E-state index is 0.514. The topological polar surface area (TPSA) is 12.9 Å². The third-order valence-electron chi connectivity index (χ3n) is 7.18. The zero-order chi connectivity index (χ0) is 21.5. The Kier molecular flexibility index (Phi) is 5.75. The molecule has 1 fully saturated rings. The Hall–Kier alpha value is -2.15. The van der Waals surface area contributed by atoms with Crippen LogP contribution in [0.2, 0.25) is 0 Å². The van der Waals surface area contributed by atoms with E-state index in [9.17, 15) is 0 Å². The maximum absolute atomic E-state index is 4.84. The van der Waals surface area contributed by atoms with E-state index in [2.05, 4.69) is 84.0 Å². The minimum Gasteiger partial charge on any atom is -0.256 e. The molecule has 0 bridgehead atoms. The Balaban J connectivity index is 1.75. The van der Waals surface area contributed by atoms with Gasteiger partial charge < -0.3 is 0 Å². The highest BCUT2D eigenvalue weighted by Crippen LogP contribution is 2.43. The first-order chi connectivity index (χ1) is 14.2. The van der Waals surface area contributed by atoms with Gasteiger partial charge in [0, 0.05) is 17.1 Å². The van der Waals surface area contributed by atoms with Gasteiger partial charge in [-0.05, 0) is 89.1 Å². The summed E-state index contributed by atoms with van der Waals surface area (Å²) in [5.41, 5.74) is 7.19. The van der Waals surface area contributed by atoms with E-state index in [0.717, 1.165) is 5.69 Å². The Labute approximate surface area is 182 Å². The van der Waals surface area contributed by atoms with Crippen LogP contribution in [0.5, 0.6) is 0 Å². The second kappa shape index (κ2) is 8.17. The van der Waals surface area contributed by atoms with Crippen LogP contribution in [0.15, 0.2) is 48.7 Å². The molecule has 0 saturated heterocycles. The largest absolute Gasteiger partial charge is 0.256 e. The maximum atomic E-state index is 4.84. The van der Waals surface area contributed by atoms with E-state index in [-0.39, 0.29) is 0 Å². The van der Waals surface area contributed by atoms with Crippen molar-refractivity contribution in [2.24, 2.45) is 5.41 Å². The molecule has 4 rings (SSSR count). The highest BCUT2D eigenvalue weighted by Gasteiger charge is 2.27. The molecule has 0 aliphatic heterocycles. The molecule has 1 aromatic heterocycles. The lowest BCUT2D eigenvalue weighted by atomic mass is 9.71. The molecule has 0 atom stereocenters. The molecular formula is C29H37N. The summed E-state index contributed by atoms with van der Waals surface area (Å²) in [7, 11) is 0. The van der Waals surface area contributed by atoms with Crippen molar-refractivity contribution >= 4 is 10.8 Å². The van der Waals surface area contributed by atoms with Gasteiger partial charge in [-0.25, -0.2) is 0 Å². The summed E-state index contributed by atoms with van der Waals surface area (Å²) < 4.78 is 0. The minimum absolute atomic E-state index is 0.514. The molecule has 0 spiro atoms. The van der Waals surface area contributed by atoms with Crippen molar-refractivity contribution in [3.8, 4) is 11.3 Å². The van der Waals surface area contributed by atoms with Crippen molar-refractivity contribution in [1.82, 2.24) is 4.98 Å². The third kappa shape index (κ3) is 4.31. The molecule has 1 heterocycles. The van der Waals surface area contributed by atoms with Crippen molar-refractivity contribution < 1.29 is 0 Å². The standard InChI is InChI=1S/C29H37N/c1-19(2)24-16-25(20(3)4)18-26(17-24)28-27-8-7-22(15-23(27)11-14-30-28)21-9-12-29(5,6)13-10-21/h7-8,11,14-21H,9-10,12-13H2,1-6H3. The average molecular weight is 400 g/mol. The molecule has 30 heavy (non-hydrogen) atoms. The number of hydrogen-bond acceptors (Lipinski definition) is 1. The quantitative estimate of drug-likeness (QED) is 0.427.